The third-order valence-electron chi connectivity index (χ3n) is 3.88. The molecule has 160 valence electrons. The van der Waals surface area contributed by atoms with Gasteiger partial charge in [-0.15, -0.1) is 11.8 Å². The van der Waals surface area contributed by atoms with Crippen molar-refractivity contribution in [1.29, 1.82) is 0 Å². The van der Waals surface area contributed by atoms with Gasteiger partial charge in [0.2, 0.25) is 0 Å². The first-order valence-corrected chi connectivity index (χ1v) is 9.78. The van der Waals surface area contributed by atoms with Crippen LogP contribution in [0.2, 0.25) is 0 Å². The number of amides is 1. The van der Waals surface area contributed by atoms with Crippen molar-refractivity contribution >= 4 is 29.6 Å². The molecule has 1 aromatic carbocycles. The van der Waals surface area contributed by atoms with Gasteiger partial charge in [-0.2, -0.15) is 4.98 Å². The topological polar surface area (TPSA) is 129 Å². The van der Waals surface area contributed by atoms with Crippen LogP contribution in [0.15, 0.2) is 35.3 Å². The van der Waals surface area contributed by atoms with E-state index in [1.165, 1.54) is 30.8 Å². The molecule has 12 heteroatoms. The lowest BCUT2D eigenvalue weighted by molar-refractivity contribution is -0.131. The Kier molecular flexibility index (Phi) is 7.03. The zero-order valence-corrected chi connectivity index (χ0v) is 16.6. The van der Waals surface area contributed by atoms with Crippen molar-refractivity contribution in [1.82, 2.24) is 9.55 Å². The molecule has 1 aliphatic heterocycles. The summed E-state index contributed by atoms with van der Waals surface area (Å²) in [6.07, 6.45) is -0.892. The van der Waals surface area contributed by atoms with Crippen molar-refractivity contribution in [3.63, 3.8) is 0 Å². The van der Waals surface area contributed by atoms with Gasteiger partial charge in [0, 0.05) is 12.7 Å². The summed E-state index contributed by atoms with van der Waals surface area (Å²) in [6, 6.07) is 6.24. The highest BCUT2D eigenvalue weighted by Gasteiger charge is 2.28. The predicted molar refractivity (Wildman–Crippen MR) is 103 cm³/mol. The fourth-order valence-electron chi connectivity index (χ4n) is 2.53. The second kappa shape index (κ2) is 9.69. The minimum Gasteiger partial charge on any atom is -0.444 e. The summed E-state index contributed by atoms with van der Waals surface area (Å²) in [6.45, 7) is 0.906. The third-order valence-corrected chi connectivity index (χ3v) is 4.98. The lowest BCUT2D eigenvalue weighted by Gasteiger charge is -2.14. The molecule has 2 atom stereocenters. The molecule has 0 saturated carbocycles. The number of halogens is 1. The van der Waals surface area contributed by atoms with E-state index in [0.29, 0.717) is 17.1 Å². The van der Waals surface area contributed by atoms with E-state index >= 15 is 0 Å². The standard InChI is InChI=1S/C18H18FN3O7S/c1-10(24)28-12-4-2-11(3-5-12)8-27-18(26)21-16-13(19)6-22(17(25)20-16)14-9-30-15(7-23)29-14/h2-6,14-15,23H,7-9H2,1H3,(H,20,21,25,26)/t14-,15+/m0/s1. The number of carbonyl (C=O) groups is 2. The summed E-state index contributed by atoms with van der Waals surface area (Å²) in [7, 11) is 0. The maximum Gasteiger partial charge on any atom is 0.413 e. The van der Waals surface area contributed by atoms with E-state index in [4.69, 9.17) is 19.3 Å². The number of nitrogens with one attached hydrogen (secondary N) is 1. The summed E-state index contributed by atoms with van der Waals surface area (Å²) in [5, 5.41) is 11.2. The molecule has 0 unspecified atom stereocenters. The van der Waals surface area contributed by atoms with Gasteiger partial charge in [0.15, 0.2) is 11.6 Å². The number of ether oxygens (including phenoxy) is 3. The van der Waals surface area contributed by atoms with E-state index in [1.54, 1.807) is 12.1 Å². The monoisotopic (exact) mass is 439 g/mol. The van der Waals surface area contributed by atoms with Crippen molar-refractivity contribution in [2.24, 2.45) is 0 Å². The predicted octanol–water partition coefficient (Wildman–Crippen LogP) is 1.64. The van der Waals surface area contributed by atoms with Gasteiger partial charge < -0.3 is 19.3 Å². The molecule has 0 spiro atoms. The average molecular weight is 439 g/mol. The average Bonchev–Trinajstić information content (AvgIpc) is 3.18. The van der Waals surface area contributed by atoms with Crippen LogP contribution >= 0.6 is 11.8 Å². The lowest BCUT2D eigenvalue weighted by Crippen LogP contribution is -2.30. The minimum atomic E-state index is -1.00. The Balaban J connectivity index is 1.58. The highest BCUT2D eigenvalue weighted by Crippen LogP contribution is 2.30. The Morgan fingerprint density at radius 1 is 1.40 bits per heavy atom. The molecule has 30 heavy (non-hydrogen) atoms. The first-order valence-electron chi connectivity index (χ1n) is 8.73. The van der Waals surface area contributed by atoms with E-state index in [2.05, 4.69) is 10.3 Å². The van der Waals surface area contributed by atoms with Gasteiger partial charge in [-0.25, -0.2) is 14.0 Å². The number of nitrogens with zero attached hydrogens (tertiary/aromatic N) is 2. The Morgan fingerprint density at radius 2 is 2.13 bits per heavy atom. The number of aliphatic hydroxyl groups is 1. The first kappa shape index (κ1) is 21.7. The SMILES string of the molecule is CC(=O)Oc1ccc(COC(=O)Nc2nc(=O)n([C@@H]3CS[C@H](CO)O3)cc2F)cc1. The number of benzene rings is 1. The maximum absolute atomic E-state index is 14.3. The number of anilines is 1. The summed E-state index contributed by atoms with van der Waals surface area (Å²) in [4.78, 5) is 38.5. The van der Waals surface area contributed by atoms with E-state index < -0.39 is 41.1 Å². The molecule has 1 saturated heterocycles. The van der Waals surface area contributed by atoms with Crippen LogP contribution in [-0.4, -0.2) is 44.5 Å². The molecular formula is C18H18FN3O7S. The van der Waals surface area contributed by atoms with Crippen molar-refractivity contribution in [2.45, 2.75) is 25.2 Å². The molecule has 0 bridgehead atoms. The van der Waals surface area contributed by atoms with Crippen LogP contribution in [0.25, 0.3) is 0 Å². The summed E-state index contributed by atoms with van der Waals surface area (Å²) in [5.41, 5.74) is -0.725. The van der Waals surface area contributed by atoms with Crippen molar-refractivity contribution in [3.8, 4) is 5.75 Å². The van der Waals surface area contributed by atoms with E-state index in [9.17, 15) is 18.8 Å². The quantitative estimate of drug-likeness (QED) is 0.510. The van der Waals surface area contributed by atoms with Gasteiger partial charge in [0.25, 0.3) is 0 Å². The number of carbonyl (C=O) groups excluding carboxylic acids is 2. The second-order valence-electron chi connectivity index (χ2n) is 6.10. The maximum atomic E-state index is 14.3. The molecule has 0 aliphatic carbocycles. The number of hydrogen-bond donors (Lipinski definition) is 2. The van der Waals surface area contributed by atoms with E-state index in [-0.39, 0.29) is 13.2 Å². The van der Waals surface area contributed by atoms with Crippen LogP contribution in [0.1, 0.15) is 18.7 Å². The fraction of sp³-hybridized carbons (Fsp3) is 0.333. The van der Waals surface area contributed by atoms with Gasteiger partial charge in [-0.3, -0.25) is 14.7 Å². The van der Waals surface area contributed by atoms with Crippen LogP contribution in [0, 0.1) is 5.82 Å². The summed E-state index contributed by atoms with van der Waals surface area (Å²) in [5.74, 6) is -1.29. The number of hydrogen-bond acceptors (Lipinski definition) is 9. The van der Waals surface area contributed by atoms with Crippen LogP contribution in [-0.2, 0) is 20.9 Å². The minimum absolute atomic E-state index is 0.138. The Bertz CT molecular complexity index is 983. The van der Waals surface area contributed by atoms with E-state index in [0.717, 1.165) is 10.8 Å². The van der Waals surface area contributed by atoms with Gasteiger partial charge >= 0.3 is 17.8 Å². The number of esters is 1. The molecule has 3 rings (SSSR count). The third kappa shape index (κ3) is 5.55. The van der Waals surface area contributed by atoms with Crippen molar-refractivity contribution in [3.05, 3.63) is 52.3 Å². The highest BCUT2D eigenvalue weighted by molar-refractivity contribution is 8.00. The molecule has 2 N–H and O–H groups in total. The highest BCUT2D eigenvalue weighted by atomic mass is 32.2. The Labute approximate surface area is 174 Å². The van der Waals surface area contributed by atoms with Crippen LogP contribution in [0.3, 0.4) is 0 Å². The van der Waals surface area contributed by atoms with Crippen LogP contribution in [0.4, 0.5) is 15.0 Å². The second-order valence-corrected chi connectivity index (χ2v) is 7.29. The fourth-order valence-corrected chi connectivity index (χ4v) is 3.46. The molecule has 1 aromatic heterocycles. The summed E-state index contributed by atoms with van der Waals surface area (Å²) < 4.78 is 30.5. The number of aliphatic hydroxyl groups excluding tert-OH is 1. The normalized spacial score (nSPS) is 18.1. The molecule has 2 aromatic rings. The van der Waals surface area contributed by atoms with Crippen LogP contribution < -0.4 is 15.7 Å². The van der Waals surface area contributed by atoms with Crippen LogP contribution in [0.5, 0.6) is 5.75 Å². The molecule has 1 amide bonds. The Hall–Kier alpha value is -2.96. The molecular weight excluding hydrogens is 421 g/mol. The summed E-state index contributed by atoms with van der Waals surface area (Å²) >= 11 is 1.29. The van der Waals surface area contributed by atoms with Gasteiger partial charge in [0.1, 0.15) is 24.0 Å². The van der Waals surface area contributed by atoms with Gasteiger partial charge in [0.05, 0.1) is 12.8 Å². The molecule has 10 nitrogen and oxygen atoms in total. The zero-order valence-electron chi connectivity index (χ0n) is 15.7. The Morgan fingerprint density at radius 3 is 2.77 bits per heavy atom. The smallest absolute Gasteiger partial charge is 0.413 e. The number of thioether (sulfide) groups is 1. The zero-order chi connectivity index (χ0) is 21.7. The molecule has 1 fully saturated rings. The lowest BCUT2D eigenvalue weighted by atomic mass is 10.2. The van der Waals surface area contributed by atoms with Crippen molar-refractivity contribution < 1.29 is 33.3 Å². The van der Waals surface area contributed by atoms with Gasteiger partial charge in [-0.05, 0) is 17.7 Å². The molecule has 1 aliphatic rings. The van der Waals surface area contributed by atoms with Crippen molar-refractivity contribution in [2.75, 3.05) is 17.7 Å². The first-order chi connectivity index (χ1) is 14.4. The van der Waals surface area contributed by atoms with E-state index in [1.807, 2.05) is 0 Å². The number of aromatic nitrogens is 2. The van der Waals surface area contributed by atoms with Gasteiger partial charge in [-0.1, -0.05) is 12.1 Å². The number of rotatable bonds is 6. The molecule has 2 heterocycles. The molecule has 0 radical (unpaired) electrons. The largest absolute Gasteiger partial charge is 0.444 e.